The van der Waals surface area contributed by atoms with Gasteiger partial charge < -0.3 is 5.73 Å². The molecule has 54 valence electrons. The van der Waals surface area contributed by atoms with Gasteiger partial charge in [-0.3, -0.25) is 4.68 Å². The summed E-state index contributed by atoms with van der Waals surface area (Å²) in [7, 11) is 1.94. The summed E-state index contributed by atoms with van der Waals surface area (Å²) in [5, 5.41) is 4.28. The summed E-state index contributed by atoms with van der Waals surface area (Å²) >= 11 is 0. The summed E-state index contributed by atoms with van der Waals surface area (Å²) < 4.78 is 1.84. The third-order valence-electron chi connectivity index (χ3n) is 2.03. The number of fused-ring (bicyclic) bond motifs is 1. The van der Waals surface area contributed by atoms with Crippen LogP contribution in [0.25, 0.3) is 0 Å². The molecule has 0 bridgehead atoms. The van der Waals surface area contributed by atoms with Gasteiger partial charge in [-0.25, -0.2) is 0 Å². The predicted molar refractivity (Wildman–Crippen MR) is 38.5 cm³/mol. The summed E-state index contributed by atoms with van der Waals surface area (Å²) in [6, 6.07) is 0.240. The Balaban J connectivity index is 2.49. The van der Waals surface area contributed by atoms with Crippen molar-refractivity contribution in [1.29, 1.82) is 0 Å². The van der Waals surface area contributed by atoms with Crippen LogP contribution in [0, 0.1) is 0 Å². The van der Waals surface area contributed by atoms with Gasteiger partial charge in [-0.15, -0.1) is 0 Å². The number of aromatic nitrogens is 2. The molecule has 1 aliphatic carbocycles. The number of rotatable bonds is 0. The monoisotopic (exact) mass is 137 g/mol. The number of nitrogens with two attached hydrogens (primary N) is 1. The van der Waals surface area contributed by atoms with E-state index in [0.717, 1.165) is 12.8 Å². The second-order valence-corrected chi connectivity index (χ2v) is 2.85. The van der Waals surface area contributed by atoms with E-state index in [0.29, 0.717) is 0 Å². The van der Waals surface area contributed by atoms with Crippen molar-refractivity contribution in [2.75, 3.05) is 0 Å². The molecule has 2 N–H and O–H groups in total. The summed E-state index contributed by atoms with van der Waals surface area (Å²) in [6.45, 7) is 0. The fraction of sp³-hybridized carbons (Fsp3) is 0.571. The third kappa shape index (κ3) is 0.671. The van der Waals surface area contributed by atoms with E-state index in [1.165, 1.54) is 11.3 Å². The molecule has 1 aromatic heterocycles. The number of hydrogen-bond acceptors (Lipinski definition) is 2. The van der Waals surface area contributed by atoms with Crippen LogP contribution in [0.2, 0.25) is 0 Å². The fourth-order valence-corrected chi connectivity index (χ4v) is 1.50. The first-order valence-corrected chi connectivity index (χ1v) is 3.55. The van der Waals surface area contributed by atoms with Crippen LogP contribution >= 0.6 is 0 Å². The van der Waals surface area contributed by atoms with Crippen molar-refractivity contribution in [1.82, 2.24) is 9.78 Å². The van der Waals surface area contributed by atoms with Crippen LogP contribution < -0.4 is 5.73 Å². The van der Waals surface area contributed by atoms with E-state index in [1.807, 2.05) is 17.9 Å². The van der Waals surface area contributed by atoms with Gasteiger partial charge in [0, 0.05) is 24.8 Å². The molecule has 0 aliphatic heterocycles. The minimum Gasteiger partial charge on any atom is -0.324 e. The van der Waals surface area contributed by atoms with E-state index in [-0.39, 0.29) is 6.04 Å². The lowest BCUT2D eigenvalue weighted by Crippen LogP contribution is -2.04. The Morgan fingerprint density at radius 2 is 2.60 bits per heavy atom. The highest BCUT2D eigenvalue weighted by atomic mass is 15.3. The Kier molecular flexibility index (Phi) is 1.08. The second kappa shape index (κ2) is 1.83. The van der Waals surface area contributed by atoms with Gasteiger partial charge in [0.25, 0.3) is 0 Å². The molecular weight excluding hydrogens is 126 g/mol. The van der Waals surface area contributed by atoms with Crippen LogP contribution in [-0.2, 0) is 13.5 Å². The molecule has 0 aromatic carbocycles. The van der Waals surface area contributed by atoms with Gasteiger partial charge in [0.05, 0.1) is 5.69 Å². The average molecular weight is 137 g/mol. The van der Waals surface area contributed by atoms with Crippen molar-refractivity contribution in [3.63, 3.8) is 0 Å². The van der Waals surface area contributed by atoms with Gasteiger partial charge >= 0.3 is 0 Å². The van der Waals surface area contributed by atoms with Crippen LogP contribution in [0.5, 0.6) is 0 Å². The lowest BCUT2D eigenvalue weighted by molar-refractivity contribution is 0.673. The van der Waals surface area contributed by atoms with Crippen molar-refractivity contribution in [2.24, 2.45) is 12.8 Å². The zero-order valence-corrected chi connectivity index (χ0v) is 6.04. The Morgan fingerprint density at radius 1 is 1.80 bits per heavy atom. The van der Waals surface area contributed by atoms with E-state index < -0.39 is 0 Å². The molecule has 0 saturated heterocycles. The first kappa shape index (κ1) is 5.92. The van der Waals surface area contributed by atoms with Gasteiger partial charge in [-0.05, 0) is 12.8 Å². The molecule has 3 nitrogen and oxygen atoms in total. The molecule has 1 aromatic rings. The fourth-order valence-electron chi connectivity index (χ4n) is 1.50. The van der Waals surface area contributed by atoms with Crippen molar-refractivity contribution in [2.45, 2.75) is 18.9 Å². The first-order valence-electron chi connectivity index (χ1n) is 3.55. The molecule has 0 fully saturated rings. The summed E-state index contributed by atoms with van der Waals surface area (Å²) in [6.07, 6.45) is 4.14. The molecule has 10 heavy (non-hydrogen) atoms. The molecule has 2 rings (SSSR count). The molecular formula is C7H11N3. The summed E-state index contributed by atoms with van der Waals surface area (Å²) in [4.78, 5) is 0. The van der Waals surface area contributed by atoms with Crippen LogP contribution in [-0.4, -0.2) is 9.78 Å². The first-order chi connectivity index (χ1) is 4.77. The van der Waals surface area contributed by atoms with E-state index in [1.54, 1.807) is 0 Å². The molecule has 0 unspecified atom stereocenters. The third-order valence-corrected chi connectivity index (χ3v) is 2.03. The van der Waals surface area contributed by atoms with E-state index in [4.69, 9.17) is 5.73 Å². The number of nitrogens with zero attached hydrogens (tertiary/aromatic N) is 2. The maximum atomic E-state index is 5.81. The Bertz CT molecular complexity index is 251. The lowest BCUT2D eigenvalue weighted by Gasteiger charge is -1.97. The molecule has 1 aliphatic rings. The van der Waals surface area contributed by atoms with E-state index >= 15 is 0 Å². The van der Waals surface area contributed by atoms with E-state index in [9.17, 15) is 0 Å². The summed E-state index contributed by atoms with van der Waals surface area (Å²) in [5.41, 5.74) is 8.23. The quantitative estimate of drug-likeness (QED) is 0.561. The highest BCUT2D eigenvalue weighted by Crippen LogP contribution is 2.27. The van der Waals surface area contributed by atoms with Crippen LogP contribution in [0.1, 0.15) is 23.7 Å². The number of hydrogen-bond donors (Lipinski definition) is 1. The normalized spacial score (nSPS) is 23.2. The smallest absolute Gasteiger partial charge is 0.0672 e. The molecule has 0 radical (unpaired) electrons. The zero-order valence-electron chi connectivity index (χ0n) is 6.04. The SMILES string of the molecule is Cn1cc2c(n1)CC[C@@H]2N. The van der Waals surface area contributed by atoms with E-state index in [2.05, 4.69) is 5.10 Å². The van der Waals surface area contributed by atoms with Crippen molar-refractivity contribution in [3.05, 3.63) is 17.5 Å². The van der Waals surface area contributed by atoms with Gasteiger partial charge in [0.1, 0.15) is 0 Å². The van der Waals surface area contributed by atoms with Crippen LogP contribution in [0.3, 0.4) is 0 Å². The summed E-state index contributed by atoms with van der Waals surface area (Å²) in [5.74, 6) is 0. The molecule has 1 heterocycles. The Morgan fingerprint density at radius 3 is 3.30 bits per heavy atom. The molecule has 0 amide bonds. The van der Waals surface area contributed by atoms with Gasteiger partial charge in [-0.1, -0.05) is 0 Å². The van der Waals surface area contributed by atoms with Gasteiger partial charge in [-0.2, -0.15) is 5.10 Å². The maximum absolute atomic E-state index is 5.81. The molecule has 1 atom stereocenters. The Hall–Kier alpha value is -0.830. The Labute approximate surface area is 59.8 Å². The molecule has 3 heteroatoms. The van der Waals surface area contributed by atoms with Crippen molar-refractivity contribution < 1.29 is 0 Å². The molecule has 0 saturated carbocycles. The zero-order chi connectivity index (χ0) is 7.14. The minimum absolute atomic E-state index is 0.240. The predicted octanol–water partition coefficient (Wildman–Crippen LogP) is 0.366. The highest BCUT2D eigenvalue weighted by Gasteiger charge is 2.21. The topological polar surface area (TPSA) is 43.8 Å². The van der Waals surface area contributed by atoms with Crippen molar-refractivity contribution >= 4 is 0 Å². The standard InChI is InChI=1S/C7H11N3/c1-10-4-5-6(8)2-3-7(5)9-10/h4,6H,2-3,8H2,1H3/t6-/m0/s1. The molecule has 0 spiro atoms. The van der Waals surface area contributed by atoms with Crippen molar-refractivity contribution in [3.8, 4) is 0 Å². The maximum Gasteiger partial charge on any atom is 0.0672 e. The average Bonchev–Trinajstić information content (AvgIpc) is 2.35. The number of aryl methyl sites for hydroxylation is 2. The van der Waals surface area contributed by atoms with Crippen LogP contribution in [0.15, 0.2) is 6.20 Å². The lowest BCUT2D eigenvalue weighted by atomic mass is 10.2. The largest absolute Gasteiger partial charge is 0.324 e. The van der Waals surface area contributed by atoms with Gasteiger partial charge in [0.2, 0.25) is 0 Å². The van der Waals surface area contributed by atoms with Gasteiger partial charge in [0.15, 0.2) is 0 Å². The minimum atomic E-state index is 0.240. The second-order valence-electron chi connectivity index (χ2n) is 2.85. The van der Waals surface area contributed by atoms with Crippen LogP contribution in [0.4, 0.5) is 0 Å². The highest BCUT2D eigenvalue weighted by molar-refractivity contribution is 5.25.